The number of carbonyl (C=O) groups excluding carboxylic acids is 3. The highest BCUT2D eigenvalue weighted by Crippen LogP contribution is 2.46. The molecule has 0 bridgehead atoms. The summed E-state index contributed by atoms with van der Waals surface area (Å²) < 4.78 is 0. The lowest BCUT2D eigenvalue weighted by molar-refractivity contribution is -0.134. The van der Waals surface area contributed by atoms with Gasteiger partial charge in [-0.2, -0.15) is 0 Å². The van der Waals surface area contributed by atoms with Crippen LogP contribution in [-0.4, -0.2) is 22.7 Å². The van der Waals surface area contributed by atoms with E-state index in [1.165, 1.54) is 6.92 Å². The third-order valence-electron chi connectivity index (χ3n) is 4.28. The third-order valence-corrected chi connectivity index (χ3v) is 4.28. The Kier molecular flexibility index (Phi) is 4.97. The molecular weight excluding hydrogens is 332 g/mol. The Morgan fingerprint density at radius 1 is 0.923 bits per heavy atom. The van der Waals surface area contributed by atoms with Crippen LogP contribution in [0.25, 0.3) is 0 Å². The van der Waals surface area contributed by atoms with E-state index in [4.69, 9.17) is 0 Å². The Morgan fingerprint density at radius 3 is 2.04 bits per heavy atom. The van der Waals surface area contributed by atoms with Crippen LogP contribution in [-0.2, 0) is 20.9 Å². The molecule has 1 aliphatic rings. The molecule has 1 aromatic carbocycles. The molecule has 3 rings (SSSR count). The van der Waals surface area contributed by atoms with Crippen LogP contribution >= 0.6 is 0 Å². The number of hydrogen-bond acceptors (Lipinski definition) is 4. The molecule has 1 fully saturated rings. The van der Waals surface area contributed by atoms with Gasteiger partial charge in [-0.1, -0.05) is 0 Å². The van der Waals surface area contributed by atoms with Gasteiger partial charge in [0, 0.05) is 37.2 Å². The Balaban J connectivity index is 1.58. The van der Waals surface area contributed by atoms with E-state index in [1.54, 1.807) is 36.7 Å². The fourth-order valence-electron chi connectivity index (χ4n) is 2.63. The molecule has 1 aromatic heterocycles. The van der Waals surface area contributed by atoms with Crippen molar-refractivity contribution < 1.29 is 14.4 Å². The molecule has 0 spiro atoms. The van der Waals surface area contributed by atoms with Crippen molar-refractivity contribution in [3.63, 3.8) is 0 Å². The average Bonchev–Trinajstić information content (AvgIpc) is 3.44. The number of rotatable bonds is 6. The van der Waals surface area contributed by atoms with Crippen LogP contribution in [0.2, 0.25) is 0 Å². The van der Waals surface area contributed by atoms with Crippen molar-refractivity contribution in [3.05, 3.63) is 54.4 Å². The second-order valence-electron chi connectivity index (χ2n) is 6.33. The van der Waals surface area contributed by atoms with Gasteiger partial charge >= 0.3 is 0 Å². The summed E-state index contributed by atoms with van der Waals surface area (Å²) in [5.74, 6) is -0.733. The van der Waals surface area contributed by atoms with Crippen molar-refractivity contribution in [2.75, 3.05) is 10.6 Å². The van der Waals surface area contributed by atoms with E-state index >= 15 is 0 Å². The summed E-state index contributed by atoms with van der Waals surface area (Å²) >= 11 is 0. The van der Waals surface area contributed by atoms with Gasteiger partial charge in [0.15, 0.2) is 0 Å². The highest BCUT2D eigenvalue weighted by Gasteiger charge is 2.56. The monoisotopic (exact) mass is 352 g/mol. The van der Waals surface area contributed by atoms with Crippen LogP contribution in [0, 0.1) is 5.41 Å². The molecule has 2 aromatic rings. The lowest BCUT2D eigenvalue weighted by Crippen LogP contribution is -2.39. The lowest BCUT2D eigenvalue weighted by Gasteiger charge is -2.15. The predicted molar refractivity (Wildman–Crippen MR) is 97.1 cm³/mol. The molecule has 134 valence electrons. The third kappa shape index (κ3) is 4.05. The maximum Gasteiger partial charge on any atom is 0.240 e. The van der Waals surface area contributed by atoms with Crippen molar-refractivity contribution in [3.8, 4) is 0 Å². The number of nitrogens with zero attached hydrogens (tertiary/aromatic N) is 1. The molecule has 7 heteroatoms. The largest absolute Gasteiger partial charge is 0.351 e. The van der Waals surface area contributed by atoms with E-state index in [-0.39, 0.29) is 17.7 Å². The molecule has 0 atom stereocenters. The normalized spacial score (nSPS) is 14.2. The second kappa shape index (κ2) is 7.35. The minimum Gasteiger partial charge on any atom is -0.351 e. The Morgan fingerprint density at radius 2 is 1.50 bits per heavy atom. The second-order valence-corrected chi connectivity index (χ2v) is 6.33. The maximum atomic E-state index is 12.6. The number of hydrogen-bond donors (Lipinski definition) is 3. The van der Waals surface area contributed by atoms with Crippen LogP contribution in [0.3, 0.4) is 0 Å². The van der Waals surface area contributed by atoms with Crippen LogP contribution in [0.4, 0.5) is 11.4 Å². The van der Waals surface area contributed by atoms with Gasteiger partial charge in [-0.25, -0.2) is 0 Å². The zero-order chi connectivity index (χ0) is 18.6. The molecule has 0 radical (unpaired) electrons. The number of pyridine rings is 1. The van der Waals surface area contributed by atoms with Gasteiger partial charge in [0.25, 0.3) is 0 Å². The van der Waals surface area contributed by atoms with Gasteiger partial charge in [-0.3, -0.25) is 19.4 Å². The quantitative estimate of drug-likeness (QED) is 0.693. The van der Waals surface area contributed by atoms with E-state index in [1.807, 2.05) is 12.1 Å². The molecule has 1 heterocycles. The molecule has 1 saturated carbocycles. The minimum atomic E-state index is -0.997. The molecular formula is C19H20N4O3. The molecule has 1 aliphatic carbocycles. The number of aromatic nitrogens is 1. The zero-order valence-corrected chi connectivity index (χ0v) is 14.4. The molecule has 0 unspecified atom stereocenters. The van der Waals surface area contributed by atoms with Crippen molar-refractivity contribution >= 4 is 29.1 Å². The van der Waals surface area contributed by atoms with Gasteiger partial charge in [-0.05, 0) is 54.8 Å². The number of carbonyl (C=O) groups is 3. The first-order valence-electron chi connectivity index (χ1n) is 8.36. The first-order chi connectivity index (χ1) is 12.5. The van der Waals surface area contributed by atoms with Gasteiger partial charge in [-0.15, -0.1) is 0 Å². The SMILES string of the molecule is CC(=O)Nc1ccc(NC(=O)C2(C(=O)NCc3ccncc3)CC2)cc1. The topological polar surface area (TPSA) is 100 Å². The van der Waals surface area contributed by atoms with Gasteiger partial charge < -0.3 is 16.0 Å². The minimum absolute atomic E-state index is 0.162. The summed E-state index contributed by atoms with van der Waals surface area (Å²) in [6.45, 7) is 1.79. The summed E-state index contributed by atoms with van der Waals surface area (Å²) in [5, 5.41) is 8.26. The smallest absolute Gasteiger partial charge is 0.240 e. The summed E-state index contributed by atoms with van der Waals surface area (Å²) in [6, 6.07) is 10.4. The standard InChI is InChI=1S/C19H20N4O3/c1-13(24)22-15-2-4-16(5-3-15)23-18(26)19(8-9-19)17(25)21-12-14-6-10-20-11-7-14/h2-7,10-11H,8-9,12H2,1H3,(H,21,25)(H,22,24)(H,23,26). The van der Waals surface area contributed by atoms with Crippen LogP contribution in [0.5, 0.6) is 0 Å². The zero-order valence-electron chi connectivity index (χ0n) is 14.4. The van der Waals surface area contributed by atoms with Crippen molar-refractivity contribution in [2.45, 2.75) is 26.3 Å². The first-order valence-corrected chi connectivity index (χ1v) is 8.36. The summed E-state index contributed by atoms with van der Waals surface area (Å²) in [6.07, 6.45) is 4.38. The first kappa shape index (κ1) is 17.6. The van der Waals surface area contributed by atoms with E-state index < -0.39 is 5.41 Å². The van der Waals surface area contributed by atoms with Gasteiger partial charge in [0.2, 0.25) is 17.7 Å². The summed E-state index contributed by atoms with van der Waals surface area (Å²) in [5.41, 5.74) is 1.16. The van der Waals surface area contributed by atoms with Gasteiger partial charge in [0.05, 0.1) is 0 Å². The molecule has 3 amide bonds. The maximum absolute atomic E-state index is 12.6. The van der Waals surface area contributed by atoms with E-state index in [9.17, 15) is 14.4 Å². The van der Waals surface area contributed by atoms with E-state index in [2.05, 4.69) is 20.9 Å². The number of benzene rings is 1. The fourth-order valence-corrected chi connectivity index (χ4v) is 2.63. The van der Waals surface area contributed by atoms with Crippen LogP contribution in [0.1, 0.15) is 25.3 Å². The van der Waals surface area contributed by atoms with Crippen LogP contribution < -0.4 is 16.0 Å². The fraction of sp³-hybridized carbons (Fsp3) is 0.263. The van der Waals surface area contributed by atoms with Crippen molar-refractivity contribution in [2.24, 2.45) is 5.41 Å². The number of amides is 3. The Labute approximate surface area is 151 Å². The average molecular weight is 352 g/mol. The van der Waals surface area contributed by atoms with Gasteiger partial charge in [0.1, 0.15) is 5.41 Å². The summed E-state index contributed by atoms with van der Waals surface area (Å²) in [7, 11) is 0. The van der Waals surface area contributed by atoms with Crippen molar-refractivity contribution in [1.82, 2.24) is 10.3 Å². The summed E-state index contributed by atoms with van der Waals surface area (Å²) in [4.78, 5) is 40.0. The predicted octanol–water partition coefficient (Wildman–Crippen LogP) is 2.08. The van der Waals surface area contributed by atoms with Crippen molar-refractivity contribution in [1.29, 1.82) is 0 Å². The highest BCUT2D eigenvalue weighted by molar-refractivity contribution is 6.13. The van der Waals surface area contributed by atoms with E-state index in [0.29, 0.717) is 30.8 Å². The molecule has 26 heavy (non-hydrogen) atoms. The van der Waals surface area contributed by atoms with E-state index in [0.717, 1.165) is 5.56 Å². The van der Waals surface area contributed by atoms with Crippen LogP contribution in [0.15, 0.2) is 48.8 Å². The highest BCUT2D eigenvalue weighted by atomic mass is 16.2. The molecule has 0 saturated heterocycles. The molecule has 0 aliphatic heterocycles. The molecule has 7 nitrogen and oxygen atoms in total. The lowest BCUT2D eigenvalue weighted by atomic mass is 10.0. The molecule has 3 N–H and O–H groups in total. The number of nitrogens with one attached hydrogen (secondary N) is 3. The number of anilines is 2. The Bertz CT molecular complexity index is 814. The Hall–Kier alpha value is -3.22.